The van der Waals surface area contributed by atoms with Crippen LogP contribution in [0.5, 0.6) is 0 Å². The molecule has 2 fully saturated rings. The van der Waals surface area contributed by atoms with Gasteiger partial charge in [0.15, 0.2) is 0 Å². The van der Waals surface area contributed by atoms with Crippen LogP contribution in [0.2, 0.25) is 0 Å². The minimum absolute atomic E-state index is 0.218. The molecule has 1 aliphatic carbocycles. The summed E-state index contributed by atoms with van der Waals surface area (Å²) in [5.74, 6) is 0.634. The maximum absolute atomic E-state index is 10.8. The smallest absolute Gasteiger partial charge is 0.211 e. The van der Waals surface area contributed by atoms with Crippen molar-refractivity contribution in [2.45, 2.75) is 57.2 Å². The highest BCUT2D eigenvalue weighted by atomic mass is 32.2. The molecule has 1 saturated heterocycles. The maximum Gasteiger partial charge on any atom is 0.211 e. The summed E-state index contributed by atoms with van der Waals surface area (Å²) in [6.45, 7) is 9.10. The number of anilines is 2. The van der Waals surface area contributed by atoms with Gasteiger partial charge in [-0.05, 0) is 82.0 Å². The molecule has 150 valence electrons. The lowest BCUT2D eigenvalue weighted by Crippen LogP contribution is -2.32. The zero-order chi connectivity index (χ0) is 19.5. The first kappa shape index (κ1) is 20.5. The zero-order valence-electron chi connectivity index (χ0n) is 17.0. The molecule has 0 bridgehead atoms. The molecular formula is C21H34N4OS. The third-order valence-electron chi connectivity index (χ3n) is 5.83. The van der Waals surface area contributed by atoms with Crippen LogP contribution in [-0.4, -0.2) is 37.3 Å². The molecule has 0 aromatic heterocycles. The van der Waals surface area contributed by atoms with Crippen LogP contribution >= 0.6 is 11.9 Å². The topological polar surface area (TPSA) is 65.2 Å². The molecule has 0 radical (unpaired) electrons. The van der Waals surface area contributed by atoms with E-state index in [0.717, 1.165) is 37.3 Å². The summed E-state index contributed by atoms with van der Waals surface area (Å²) in [6, 6.07) is 6.87. The van der Waals surface area contributed by atoms with Crippen LogP contribution in [-0.2, 0) is 11.2 Å². The lowest BCUT2D eigenvalue weighted by atomic mass is 9.84. The van der Waals surface area contributed by atoms with E-state index in [9.17, 15) is 4.79 Å². The fourth-order valence-electron chi connectivity index (χ4n) is 4.58. The van der Waals surface area contributed by atoms with Crippen molar-refractivity contribution in [2.75, 3.05) is 30.8 Å². The Labute approximate surface area is 168 Å². The number of hydrogen-bond donors (Lipinski definition) is 4. The van der Waals surface area contributed by atoms with E-state index in [0.29, 0.717) is 17.4 Å². The van der Waals surface area contributed by atoms with E-state index in [-0.39, 0.29) is 4.75 Å². The molecule has 27 heavy (non-hydrogen) atoms. The Hall–Kier alpha value is -1.24. The number of carbonyl (C=O) groups excluding carboxylic acids is 1. The van der Waals surface area contributed by atoms with Gasteiger partial charge in [-0.25, -0.2) is 0 Å². The first-order chi connectivity index (χ1) is 12.8. The zero-order valence-corrected chi connectivity index (χ0v) is 17.8. The third kappa shape index (κ3) is 5.18. The van der Waals surface area contributed by atoms with E-state index >= 15 is 0 Å². The molecule has 5 nitrogen and oxygen atoms in total. The molecule has 1 aliphatic heterocycles. The van der Waals surface area contributed by atoms with Crippen LogP contribution < -0.4 is 20.7 Å². The van der Waals surface area contributed by atoms with Crippen molar-refractivity contribution in [3.8, 4) is 0 Å². The van der Waals surface area contributed by atoms with Crippen LogP contribution in [0.4, 0.5) is 11.4 Å². The van der Waals surface area contributed by atoms with Crippen molar-refractivity contribution in [3.05, 3.63) is 23.8 Å². The van der Waals surface area contributed by atoms with Gasteiger partial charge in [-0.1, -0.05) is 18.0 Å². The Bertz CT molecular complexity index is 652. The molecule has 6 heteroatoms. The molecule has 1 saturated carbocycles. The summed E-state index contributed by atoms with van der Waals surface area (Å²) in [5, 5.41) is 9.55. The second-order valence-electron chi connectivity index (χ2n) is 9.13. The predicted octanol–water partition coefficient (Wildman–Crippen LogP) is 3.63. The first-order valence-corrected chi connectivity index (χ1v) is 10.8. The molecule has 1 heterocycles. The lowest BCUT2D eigenvalue weighted by Gasteiger charge is -2.26. The number of benzene rings is 1. The average Bonchev–Trinajstić information content (AvgIpc) is 3.21. The SMILES string of the molecule is CNc1cc(CC2CC3(CCNC3)CC2NSC(C)(C)C)ccc1NC=O. The fraction of sp³-hybridized carbons (Fsp3) is 0.667. The Balaban J connectivity index is 1.74. The van der Waals surface area contributed by atoms with Gasteiger partial charge in [-0.3, -0.25) is 9.52 Å². The third-order valence-corrected chi connectivity index (χ3v) is 6.86. The number of nitrogens with one attached hydrogen (secondary N) is 4. The van der Waals surface area contributed by atoms with E-state index < -0.39 is 0 Å². The summed E-state index contributed by atoms with van der Waals surface area (Å²) in [4.78, 5) is 10.8. The maximum atomic E-state index is 10.8. The van der Waals surface area contributed by atoms with E-state index in [2.05, 4.69) is 53.6 Å². The lowest BCUT2D eigenvalue weighted by molar-refractivity contribution is -0.105. The highest BCUT2D eigenvalue weighted by Gasteiger charge is 2.46. The van der Waals surface area contributed by atoms with Gasteiger partial charge in [0, 0.05) is 24.4 Å². The average molecular weight is 391 g/mol. The molecule has 3 unspecified atom stereocenters. The molecule has 3 rings (SSSR count). The Morgan fingerprint density at radius 2 is 2.11 bits per heavy atom. The van der Waals surface area contributed by atoms with Crippen molar-refractivity contribution in [3.63, 3.8) is 0 Å². The van der Waals surface area contributed by atoms with Crippen molar-refractivity contribution in [1.29, 1.82) is 0 Å². The number of amides is 1. The Morgan fingerprint density at radius 1 is 1.30 bits per heavy atom. The van der Waals surface area contributed by atoms with Crippen molar-refractivity contribution >= 4 is 29.7 Å². The number of hydrogen-bond acceptors (Lipinski definition) is 5. The van der Waals surface area contributed by atoms with Gasteiger partial charge < -0.3 is 16.0 Å². The summed E-state index contributed by atoms with van der Waals surface area (Å²) in [5.41, 5.74) is 3.60. The standard InChI is InChI=1S/C21H34N4OS/c1-20(2,3)27-25-19-12-21(7-8-23-13-21)11-16(19)9-15-5-6-17(24-14-26)18(10-15)22-4/h5-6,10,14,16,19,22-23,25H,7-9,11-13H2,1-4H3,(H,24,26). The highest BCUT2D eigenvalue weighted by molar-refractivity contribution is 7.98. The molecule has 1 aromatic carbocycles. The van der Waals surface area contributed by atoms with Crippen LogP contribution in [0.1, 0.15) is 45.6 Å². The summed E-state index contributed by atoms with van der Waals surface area (Å²) in [7, 11) is 1.90. The van der Waals surface area contributed by atoms with Gasteiger partial charge in [-0.15, -0.1) is 0 Å². The normalized spacial score (nSPS) is 27.9. The minimum atomic E-state index is 0.218. The number of carbonyl (C=O) groups is 1. The van der Waals surface area contributed by atoms with E-state index in [4.69, 9.17) is 0 Å². The van der Waals surface area contributed by atoms with Gasteiger partial charge in [0.25, 0.3) is 0 Å². The summed E-state index contributed by atoms with van der Waals surface area (Å²) >= 11 is 1.87. The van der Waals surface area contributed by atoms with Gasteiger partial charge in [0.05, 0.1) is 11.4 Å². The molecule has 1 aromatic rings. The first-order valence-electron chi connectivity index (χ1n) is 9.99. The van der Waals surface area contributed by atoms with Crippen LogP contribution in [0.15, 0.2) is 18.2 Å². The van der Waals surface area contributed by atoms with Crippen LogP contribution in [0.25, 0.3) is 0 Å². The molecule has 2 aliphatic rings. The molecule has 1 amide bonds. The summed E-state index contributed by atoms with van der Waals surface area (Å²) in [6.07, 6.45) is 5.64. The molecule has 1 spiro atoms. The number of rotatable bonds is 7. The van der Waals surface area contributed by atoms with Gasteiger partial charge in [0.2, 0.25) is 6.41 Å². The van der Waals surface area contributed by atoms with Gasteiger partial charge >= 0.3 is 0 Å². The summed E-state index contributed by atoms with van der Waals surface area (Å²) < 4.78 is 4.04. The molecule has 4 N–H and O–H groups in total. The van der Waals surface area contributed by atoms with Gasteiger partial charge in [0.1, 0.15) is 0 Å². The van der Waals surface area contributed by atoms with Gasteiger partial charge in [-0.2, -0.15) is 0 Å². The Morgan fingerprint density at radius 3 is 2.74 bits per heavy atom. The Kier molecular flexibility index (Phi) is 6.39. The van der Waals surface area contributed by atoms with Crippen molar-refractivity contribution in [1.82, 2.24) is 10.0 Å². The quantitative estimate of drug-likeness (QED) is 0.423. The van der Waals surface area contributed by atoms with Crippen LogP contribution in [0.3, 0.4) is 0 Å². The fourth-order valence-corrected chi connectivity index (χ4v) is 5.36. The molecule has 3 atom stereocenters. The second-order valence-corrected chi connectivity index (χ2v) is 10.8. The van der Waals surface area contributed by atoms with E-state index in [1.807, 2.05) is 25.1 Å². The minimum Gasteiger partial charge on any atom is -0.386 e. The van der Waals surface area contributed by atoms with E-state index in [1.165, 1.54) is 24.8 Å². The predicted molar refractivity (Wildman–Crippen MR) is 116 cm³/mol. The largest absolute Gasteiger partial charge is 0.386 e. The second kappa shape index (κ2) is 8.41. The van der Waals surface area contributed by atoms with Crippen LogP contribution in [0, 0.1) is 11.3 Å². The highest BCUT2D eigenvalue weighted by Crippen LogP contribution is 2.48. The molecular weight excluding hydrogens is 356 g/mol. The monoisotopic (exact) mass is 390 g/mol. The van der Waals surface area contributed by atoms with Crippen molar-refractivity contribution in [2.24, 2.45) is 11.3 Å². The van der Waals surface area contributed by atoms with Crippen molar-refractivity contribution < 1.29 is 4.79 Å². The van der Waals surface area contributed by atoms with E-state index in [1.54, 1.807) is 0 Å².